The second-order valence-electron chi connectivity index (χ2n) is 0. The van der Waals surface area contributed by atoms with E-state index in [0.717, 1.165) is 0 Å². The standard InChI is InChI=1S/2Ir.13O.2Ru.2Ta/q2*+4;13*-2;2*+4;2*+5. The van der Waals surface area contributed by atoms with Crippen LogP contribution < -0.4 is 0 Å². The van der Waals surface area contributed by atoms with Gasteiger partial charge in [-0.2, -0.15) is 0 Å². The van der Waals surface area contributed by atoms with Gasteiger partial charge in [0, 0.05) is 0 Å². The van der Waals surface area contributed by atoms with Gasteiger partial charge in [-0.05, 0) is 0 Å². The molecule has 13 nitrogen and oxygen atoms in total. The summed E-state index contributed by atoms with van der Waals surface area (Å²) in [7, 11) is 0. The first-order chi connectivity index (χ1) is 0. The molecule has 0 aliphatic rings. The fourth-order valence-corrected chi connectivity index (χ4v) is 0. The molecule has 0 bridgehead atoms. The summed E-state index contributed by atoms with van der Waals surface area (Å²) in [5.74, 6) is 0. The van der Waals surface area contributed by atoms with E-state index in [1.54, 1.807) is 0 Å². The second kappa shape index (κ2) is 736. The number of hydrogen-bond acceptors (Lipinski definition) is 0. The second-order valence-corrected chi connectivity index (χ2v) is 0. The SMILES string of the molecule is [Ir+4].[Ir+4].[O-2].[O-2].[O-2].[O-2].[O-2].[O-2].[O-2].[O-2].[O-2].[O-2].[O-2].[O-2].[O-2].[Ru+4].[Ru+4].[Ta+5].[Ta+5]. The van der Waals surface area contributed by atoms with Gasteiger partial charge in [0.05, 0.1) is 0 Å². The molecule has 0 heterocycles. The average molecular weight is 1160 g/mol. The number of rotatable bonds is 0. The maximum absolute atomic E-state index is 0. The zero-order chi connectivity index (χ0) is 0. The van der Waals surface area contributed by atoms with Crippen molar-refractivity contribution in [3.63, 3.8) is 0 Å². The van der Waals surface area contributed by atoms with Gasteiger partial charge in [-0.15, -0.1) is 0 Å². The van der Waals surface area contributed by atoms with Gasteiger partial charge in [0.15, 0.2) is 0 Å². The Morgan fingerprint density at radius 2 is 0.211 bits per heavy atom. The van der Waals surface area contributed by atoms with Gasteiger partial charge in [0.1, 0.15) is 0 Å². The van der Waals surface area contributed by atoms with Crippen LogP contribution in [0.1, 0.15) is 0 Å². The third-order valence-electron chi connectivity index (χ3n) is 0. The van der Waals surface area contributed by atoms with Crippen molar-refractivity contribution in [2.45, 2.75) is 0 Å². The van der Waals surface area contributed by atoms with Gasteiger partial charge in [-0.25, -0.2) is 0 Å². The van der Waals surface area contributed by atoms with Crippen molar-refractivity contribution in [2.75, 3.05) is 0 Å². The smallest absolute Gasteiger partial charge is 2.00 e. The van der Waals surface area contributed by atoms with Crippen LogP contribution in [-0.4, -0.2) is 0 Å². The van der Waals surface area contributed by atoms with Crippen LogP contribution >= 0.6 is 0 Å². The summed E-state index contributed by atoms with van der Waals surface area (Å²) in [6.45, 7) is 0. The van der Waals surface area contributed by atoms with Crippen molar-refractivity contribution in [1.82, 2.24) is 0 Å². The van der Waals surface area contributed by atoms with Crippen LogP contribution in [0.2, 0.25) is 0 Å². The Labute approximate surface area is 193 Å². The zero-order valence-electron chi connectivity index (χ0n) is 7.58. The Kier molecular flexibility index (Phi) is 32800. The summed E-state index contributed by atoms with van der Waals surface area (Å²) < 4.78 is 0. The molecule has 0 saturated heterocycles. The third-order valence-corrected chi connectivity index (χ3v) is 0. The molecule has 0 saturated carbocycles. The molecule has 0 N–H and O–H groups in total. The first kappa shape index (κ1) is 847. The van der Waals surface area contributed by atoms with E-state index in [1.807, 2.05) is 0 Å². The van der Waals surface area contributed by atoms with Crippen LogP contribution in [0.4, 0.5) is 0 Å². The fourth-order valence-electron chi connectivity index (χ4n) is 0. The summed E-state index contributed by atoms with van der Waals surface area (Å²) in [5, 5.41) is 0. The quantitative estimate of drug-likeness (QED) is 0.249. The van der Waals surface area contributed by atoms with E-state index in [-0.39, 0.29) is 195 Å². The summed E-state index contributed by atoms with van der Waals surface area (Å²) >= 11 is 0. The van der Waals surface area contributed by atoms with E-state index in [2.05, 4.69) is 0 Å². The molecule has 0 aromatic heterocycles. The molecule has 19 heteroatoms. The number of hydrogen-bond donors (Lipinski definition) is 0. The molecule has 0 spiro atoms. The van der Waals surface area contributed by atoms with Crippen molar-refractivity contribution in [3.8, 4) is 0 Å². The molecular formula is Ir2O13Ru2Ta2. The molecule has 2 radical (unpaired) electrons. The van der Waals surface area contributed by atoms with E-state index < -0.39 is 0 Å². The average Bonchev–Trinajstić information content (AvgIpc) is 0. The molecule has 0 aromatic rings. The van der Waals surface area contributed by atoms with Crippen LogP contribution in [0.15, 0.2) is 0 Å². The van der Waals surface area contributed by atoms with Gasteiger partial charge < -0.3 is 71.2 Å². The van der Waals surface area contributed by atoms with Crippen LogP contribution in [0.25, 0.3) is 0 Å². The molecule has 0 atom stereocenters. The monoisotopic (exact) mass is 1160 g/mol. The Hall–Kier alpha value is 3.51. The fraction of sp³-hybridized carbons (Fsp3) is 0. The summed E-state index contributed by atoms with van der Waals surface area (Å²) in [6, 6.07) is 0. The molecule has 0 aromatic carbocycles. The summed E-state index contributed by atoms with van der Waals surface area (Å²) in [5.41, 5.74) is 0. The molecular weight excluding hydrogens is 1160 g/mol. The van der Waals surface area contributed by atoms with Gasteiger partial charge >= 0.3 is 124 Å². The van der Waals surface area contributed by atoms with E-state index in [9.17, 15) is 0 Å². The first-order valence-electron chi connectivity index (χ1n) is 0. The van der Waals surface area contributed by atoms with Gasteiger partial charge in [0.2, 0.25) is 0 Å². The van der Waals surface area contributed by atoms with Crippen molar-refractivity contribution in [2.24, 2.45) is 0 Å². The van der Waals surface area contributed by atoms with Crippen molar-refractivity contribution in [3.05, 3.63) is 0 Å². The minimum absolute atomic E-state index is 0. The Balaban J connectivity index is 0. The molecule has 19 heavy (non-hydrogen) atoms. The van der Waals surface area contributed by atoms with Gasteiger partial charge in [-0.1, -0.05) is 0 Å². The minimum Gasteiger partial charge on any atom is -2.00 e. The molecule has 0 amide bonds. The van der Waals surface area contributed by atoms with Crippen LogP contribution in [-0.2, 0) is 195 Å². The third kappa shape index (κ3) is 666. The molecule has 122 valence electrons. The van der Waals surface area contributed by atoms with E-state index in [4.69, 9.17) is 0 Å². The van der Waals surface area contributed by atoms with E-state index in [1.165, 1.54) is 0 Å². The molecule has 0 fully saturated rings. The van der Waals surface area contributed by atoms with Crippen molar-refractivity contribution in [1.29, 1.82) is 0 Å². The maximum atomic E-state index is 0. The van der Waals surface area contributed by atoms with Crippen molar-refractivity contribution < 1.29 is 195 Å². The molecule has 0 rings (SSSR count). The Morgan fingerprint density at radius 1 is 0.211 bits per heavy atom. The van der Waals surface area contributed by atoms with E-state index >= 15 is 0 Å². The zero-order valence-corrected chi connectivity index (χ0v) is 22.3. The van der Waals surface area contributed by atoms with Crippen LogP contribution in [0.3, 0.4) is 0 Å². The first-order valence-corrected chi connectivity index (χ1v) is 0. The normalized spacial score (nSPS) is 0. The summed E-state index contributed by atoms with van der Waals surface area (Å²) in [6.07, 6.45) is 0. The topological polar surface area (TPSA) is 370 Å². The predicted molar refractivity (Wildman–Crippen MR) is 8.92 cm³/mol. The minimum atomic E-state index is 0. The van der Waals surface area contributed by atoms with Gasteiger partial charge in [0.25, 0.3) is 0 Å². The largest absolute Gasteiger partial charge is 5.00 e. The Morgan fingerprint density at radius 3 is 0.211 bits per heavy atom. The van der Waals surface area contributed by atoms with Crippen molar-refractivity contribution >= 4 is 0 Å². The van der Waals surface area contributed by atoms with E-state index in [0.29, 0.717) is 0 Å². The Bertz CT molecular complexity index is 26.6. The summed E-state index contributed by atoms with van der Waals surface area (Å²) in [4.78, 5) is 0. The molecule has 0 aliphatic carbocycles. The maximum Gasteiger partial charge on any atom is 5.00 e. The molecule has 0 aliphatic heterocycles. The molecule has 0 unspecified atom stereocenters. The van der Waals surface area contributed by atoms with Crippen LogP contribution in [0, 0.1) is 0 Å². The predicted octanol–water partition coefficient (Wildman–Crippen LogP) is -1.56. The van der Waals surface area contributed by atoms with Gasteiger partial charge in [-0.3, -0.25) is 0 Å². The van der Waals surface area contributed by atoms with Crippen LogP contribution in [0.5, 0.6) is 0 Å².